The first-order valence-electron chi connectivity index (χ1n) is 8.78. The summed E-state index contributed by atoms with van der Waals surface area (Å²) < 4.78 is 6.65. The highest BCUT2D eigenvalue weighted by molar-refractivity contribution is 7.80. The number of nitrogens with one attached hydrogen (secondary N) is 2. The Labute approximate surface area is 183 Å². The molecule has 0 aliphatic heterocycles. The molecular weight excluding hydrogens is 431 g/mol. The minimum absolute atomic E-state index is 0.318. The van der Waals surface area contributed by atoms with Crippen LogP contribution in [-0.2, 0) is 11.3 Å². The molecule has 2 aromatic carbocycles. The van der Waals surface area contributed by atoms with Crippen molar-refractivity contribution in [2.24, 2.45) is 0 Å². The molecule has 6 nitrogen and oxygen atoms in total. The Balaban J connectivity index is 1.61. The van der Waals surface area contributed by atoms with E-state index in [9.17, 15) is 4.79 Å². The second-order valence-electron chi connectivity index (χ2n) is 5.99. The molecule has 0 amide bonds. The van der Waals surface area contributed by atoms with Gasteiger partial charge in [0.15, 0.2) is 10.9 Å². The predicted octanol–water partition coefficient (Wildman–Crippen LogP) is 5.22. The van der Waals surface area contributed by atoms with E-state index in [0.717, 1.165) is 5.56 Å². The zero-order valence-corrected chi connectivity index (χ0v) is 17.8. The van der Waals surface area contributed by atoms with Crippen LogP contribution in [0.2, 0.25) is 10.0 Å². The van der Waals surface area contributed by atoms with Crippen LogP contribution in [0.15, 0.2) is 54.7 Å². The van der Waals surface area contributed by atoms with Crippen molar-refractivity contribution in [2.45, 2.75) is 13.5 Å². The van der Waals surface area contributed by atoms with Crippen LogP contribution >= 0.6 is 35.4 Å². The van der Waals surface area contributed by atoms with Gasteiger partial charge in [-0.25, -0.2) is 4.79 Å². The lowest BCUT2D eigenvalue weighted by Crippen LogP contribution is -2.20. The Morgan fingerprint density at radius 1 is 1.10 bits per heavy atom. The number of rotatable bonds is 6. The van der Waals surface area contributed by atoms with Gasteiger partial charge in [0.25, 0.3) is 0 Å². The molecule has 150 valence electrons. The molecule has 1 heterocycles. The Morgan fingerprint density at radius 2 is 1.83 bits per heavy atom. The number of hydrogen-bond acceptors (Lipinski definition) is 4. The van der Waals surface area contributed by atoms with Crippen LogP contribution in [0.4, 0.5) is 11.5 Å². The summed E-state index contributed by atoms with van der Waals surface area (Å²) in [4.78, 5) is 11.7. The van der Waals surface area contributed by atoms with Crippen LogP contribution in [-0.4, -0.2) is 27.5 Å². The Morgan fingerprint density at radius 3 is 2.52 bits per heavy atom. The quantitative estimate of drug-likeness (QED) is 0.397. The van der Waals surface area contributed by atoms with Crippen molar-refractivity contribution in [3.05, 3.63) is 75.9 Å². The van der Waals surface area contributed by atoms with E-state index in [4.69, 9.17) is 40.2 Å². The fourth-order valence-corrected chi connectivity index (χ4v) is 3.15. The van der Waals surface area contributed by atoms with E-state index in [0.29, 0.717) is 45.4 Å². The van der Waals surface area contributed by atoms with E-state index in [1.165, 1.54) is 0 Å². The number of halogens is 2. The molecular formula is C20H18Cl2N4O2S. The number of thiocarbonyl (C=S) groups is 1. The van der Waals surface area contributed by atoms with Crippen LogP contribution in [0.5, 0.6) is 0 Å². The molecule has 0 radical (unpaired) electrons. The lowest BCUT2D eigenvalue weighted by atomic mass is 10.2. The van der Waals surface area contributed by atoms with E-state index < -0.39 is 0 Å². The van der Waals surface area contributed by atoms with Gasteiger partial charge >= 0.3 is 5.97 Å². The number of aromatic nitrogens is 2. The number of nitrogens with zero attached hydrogens (tertiary/aromatic N) is 2. The number of carbonyl (C=O) groups excluding carboxylic acids is 1. The molecule has 9 heteroatoms. The maximum atomic E-state index is 11.7. The van der Waals surface area contributed by atoms with E-state index in [2.05, 4.69) is 15.7 Å². The zero-order valence-electron chi connectivity index (χ0n) is 15.5. The van der Waals surface area contributed by atoms with Crippen LogP contribution < -0.4 is 10.6 Å². The average molecular weight is 449 g/mol. The predicted molar refractivity (Wildman–Crippen MR) is 120 cm³/mol. The van der Waals surface area contributed by atoms with Gasteiger partial charge in [-0.15, -0.1) is 0 Å². The van der Waals surface area contributed by atoms with Crippen molar-refractivity contribution in [3.63, 3.8) is 0 Å². The first kappa shape index (κ1) is 21.1. The molecule has 3 rings (SSSR count). The molecule has 0 spiro atoms. The molecule has 0 aliphatic rings. The second-order valence-corrected chi connectivity index (χ2v) is 7.21. The second kappa shape index (κ2) is 9.73. The van der Waals surface area contributed by atoms with E-state index in [1.807, 2.05) is 24.3 Å². The van der Waals surface area contributed by atoms with Crippen molar-refractivity contribution in [1.82, 2.24) is 9.78 Å². The van der Waals surface area contributed by atoms with Gasteiger partial charge in [0.1, 0.15) is 5.02 Å². The maximum Gasteiger partial charge on any atom is 0.338 e. The highest BCUT2D eigenvalue weighted by Gasteiger charge is 2.11. The summed E-state index contributed by atoms with van der Waals surface area (Å²) in [6.07, 6.45) is 1.70. The molecule has 0 aliphatic carbocycles. The smallest absolute Gasteiger partial charge is 0.338 e. The minimum atomic E-state index is -0.365. The normalized spacial score (nSPS) is 10.4. The van der Waals surface area contributed by atoms with Crippen LogP contribution in [0, 0.1) is 0 Å². The number of ether oxygens (including phenoxy) is 1. The highest BCUT2D eigenvalue weighted by atomic mass is 35.5. The summed E-state index contributed by atoms with van der Waals surface area (Å²) in [5.41, 5.74) is 2.11. The van der Waals surface area contributed by atoms with Crippen molar-refractivity contribution in [1.29, 1.82) is 0 Å². The highest BCUT2D eigenvalue weighted by Crippen LogP contribution is 2.22. The fourth-order valence-electron chi connectivity index (χ4n) is 2.54. The monoisotopic (exact) mass is 448 g/mol. The van der Waals surface area contributed by atoms with Gasteiger partial charge < -0.3 is 15.4 Å². The third-order valence-corrected chi connectivity index (χ3v) is 4.74. The maximum absolute atomic E-state index is 11.7. The van der Waals surface area contributed by atoms with E-state index in [-0.39, 0.29) is 5.97 Å². The van der Waals surface area contributed by atoms with Gasteiger partial charge in [-0.05, 0) is 55.0 Å². The Hall–Kier alpha value is -2.61. The first-order chi connectivity index (χ1) is 14.0. The Bertz CT molecular complexity index is 1020. The number of esters is 1. The molecule has 29 heavy (non-hydrogen) atoms. The lowest BCUT2D eigenvalue weighted by Gasteiger charge is -2.10. The van der Waals surface area contributed by atoms with Crippen molar-refractivity contribution in [3.8, 4) is 0 Å². The van der Waals surface area contributed by atoms with E-state index >= 15 is 0 Å². The summed E-state index contributed by atoms with van der Waals surface area (Å²) in [6.45, 7) is 2.58. The molecule has 1 aromatic heterocycles. The number of benzene rings is 2. The molecule has 0 saturated carbocycles. The van der Waals surface area contributed by atoms with Crippen molar-refractivity contribution in [2.75, 3.05) is 17.2 Å². The molecule has 3 aromatic rings. The SMILES string of the molecule is CCOC(=O)c1ccc(NC(=S)Nc2nn(Cc3ccccc3Cl)cc2Cl)cc1. The summed E-state index contributed by atoms with van der Waals surface area (Å²) >= 11 is 17.8. The molecule has 0 unspecified atom stereocenters. The number of hydrogen-bond donors (Lipinski definition) is 2. The zero-order chi connectivity index (χ0) is 20.8. The van der Waals surface area contributed by atoms with Gasteiger partial charge in [-0.3, -0.25) is 4.68 Å². The number of carbonyl (C=O) groups is 1. The summed E-state index contributed by atoms with van der Waals surface area (Å²) in [5, 5.41) is 11.8. The Kier molecular flexibility index (Phi) is 7.09. The van der Waals surface area contributed by atoms with Crippen molar-refractivity contribution < 1.29 is 9.53 Å². The van der Waals surface area contributed by atoms with Crippen molar-refractivity contribution >= 4 is 58.0 Å². The molecule has 0 bridgehead atoms. The fraction of sp³-hybridized carbons (Fsp3) is 0.150. The minimum Gasteiger partial charge on any atom is -0.462 e. The van der Waals surface area contributed by atoms with Gasteiger partial charge in [0, 0.05) is 16.9 Å². The van der Waals surface area contributed by atoms with E-state index in [1.54, 1.807) is 42.1 Å². The molecule has 0 saturated heterocycles. The summed E-state index contributed by atoms with van der Waals surface area (Å²) in [7, 11) is 0. The molecule has 2 N–H and O–H groups in total. The average Bonchev–Trinajstić information content (AvgIpc) is 3.03. The summed E-state index contributed by atoms with van der Waals surface area (Å²) in [5.74, 6) is 0.0648. The topological polar surface area (TPSA) is 68.2 Å². The largest absolute Gasteiger partial charge is 0.462 e. The van der Waals surface area contributed by atoms with Crippen LogP contribution in [0.3, 0.4) is 0 Å². The van der Waals surface area contributed by atoms with Gasteiger partial charge in [-0.1, -0.05) is 41.4 Å². The van der Waals surface area contributed by atoms with Crippen LogP contribution in [0.1, 0.15) is 22.8 Å². The van der Waals surface area contributed by atoms with Gasteiger partial charge in [-0.2, -0.15) is 5.10 Å². The lowest BCUT2D eigenvalue weighted by molar-refractivity contribution is 0.0526. The van der Waals surface area contributed by atoms with Crippen LogP contribution in [0.25, 0.3) is 0 Å². The molecule has 0 atom stereocenters. The third-order valence-electron chi connectivity index (χ3n) is 3.89. The summed E-state index contributed by atoms with van der Waals surface area (Å²) in [6, 6.07) is 14.3. The number of anilines is 2. The van der Waals surface area contributed by atoms with Gasteiger partial charge in [0.2, 0.25) is 0 Å². The first-order valence-corrected chi connectivity index (χ1v) is 9.94. The standard InChI is InChI=1S/C20H18Cl2N4O2S/c1-2-28-19(27)13-7-9-15(10-8-13)23-20(29)24-18-17(22)12-26(25-18)11-14-5-3-4-6-16(14)21/h3-10,12H,2,11H2,1H3,(H2,23,24,25,29). The van der Waals surface area contributed by atoms with Gasteiger partial charge in [0.05, 0.1) is 18.7 Å². The third kappa shape index (κ3) is 5.69. The molecule has 0 fully saturated rings.